The Morgan fingerprint density at radius 3 is 2.83 bits per heavy atom. The van der Waals surface area contributed by atoms with Gasteiger partial charge in [0.15, 0.2) is 0 Å². The summed E-state index contributed by atoms with van der Waals surface area (Å²) < 4.78 is 11.8. The van der Waals surface area contributed by atoms with Crippen LogP contribution in [0.2, 0.25) is 0 Å². The highest BCUT2D eigenvalue weighted by molar-refractivity contribution is 9.10. The van der Waals surface area contributed by atoms with E-state index in [-0.39, 0.29) is 12.1 Å². The van der Waals surface area contributed by atoms with Gasteiger partial charge >= 0.3 is 6.09 Å². The van der Waals surface area contributed by atoms with E-state index >= 15 is 0 Å². The van der Waals surface area contributed by atoms with Gasteiger partial charge in [0.25, 0.3) is 0 Å². The fourth-order valence-corrected chi connectivity index (χ4v) is 3.09. The Kier molecular flexibility index (Phi) is 5.92. The van der Waals surface area contributed by atoms with Crippen molar-refractivity contribution in [2.24, 2.45) is 0 Å². The van der Waals surface area contributed by atoms with Crippen LogP contribution in [-0.2, 0) is 11.3 Å². The molecule has 1 aromatic carbocycles. The summed E-state index contributed by atoms with van der Waals surface area (Å²) in [5.41, 5.74) is 0.672. The lowest BCUT2D eigenvalue weighted by Gasteiger charge is -2.22. The van der Waals surface area contributed by atoms with Crippen LogP contribution in [0.4, 0.5) is 4.79 Å². The molecule has 128 valence electrons. The topological polar surface area (TPSA) is 50.8 Å². The van der Waals surface area contributed by atoms with Crippen molar-refractivity contribution in [2.75, 3.05) is 20.2 Å². The van der Waals surface area contributed by atoms with Gasteiger partial charge in [-0.3, -0.25) is 4.90 Å². The van der Waals surface area contributed by atoms with Crippen LogP contribution in [0, 0.1) is 0 Å². The van der Waals surface area contributed by atoms with Crippen LogP contribution in [0.5, 0.6) is 5.75 Å². The number of halogens is 1. The smallest absolute Gasteiger partial charge is 0.407 e. The predicted molar refractivity (Wildman–Crippen MR) is 93.7 cm³/mol. The molecular weight excluding hydrogens is 360 g/mol. The van der Waals surface area contributed by atoms with Gasteiger partial charge in [-0.1, -0.05) is 15.9 Å². The van der Waals surface area contributed by atoms with Crippen LogP contribution in [0.3, 0.4) is 0 Å². The van der Waals surface area contributed by atoms with Gasteiger partial charge in [0.1, 0.15) is 11.4 Å². The molecule has 1 saturated heterocycles. The van der Waals surface area contributed by atoms with Crippen molar-refractivity contribution in [3.8, 4) is 5.75 Å². The van der Waals surface area contributed by atoms with Crippen molar-refractivity contribution >= 4 is 22.0 Å². The standard InChI is InChI=1S/C17H25BrN2O3/c1-17(2,3)23-16(21)19-14-7-8-20(11-14)10-12-9-13(18)5-6-15(12)22-4/h5-6,9,14H,7-8,10-11H2,1-4H3,(H,19,21)/t14-/m0/s1. The van der Waals surface area contributed by atoms with E-state index in [0.717, 1.165) is 41.8 Å². The molecular formula is C17H25BrN2O3. The molecule has 1 aliphatic heterocycles. The van der Waals surface area contributed by atoms with Crippen LogP contribution in [-0.4, -0.2) is 42.8 Å². The zero-order chi connectivity index (χ0) is 17.0. The number of amides is 1. The number of carbonyl (C=O) groups excluding carboxylic acids is 1. The first kappa shape index (κ1) is 18.1. The van der Waals surface area contributed by atoms with E-state index in [9.17, 15) is 4.79 Å². The first-order valence-corrected chi connectivity index (χ1v) is 8.60. The summed E-state index contributed by atoms with van der Waals surface area (Å²) in [6, 6.07) is 6.14. The molecule has 1 heterocycles. The summed E-state index contributed by atoms with van der Waals surface area (Å²) in [5, 5.41) is 2.95. The number of alkyl carbamates (subject to hydrolysis) is 1. The lowest BCUT2D eigenvalue weighted by molar-refractivity contribution is 0.0505. The van der Waals surface area contributed by atoms with Crippen LogP contribution >= 0.6 is 15.9 Å². The van der Waals surface area contributed by atoms with E-state index in [0.29, 0.717) is 0 Å². The molecule has 1 atom stereocenters. The highest BCUT2D eigenvalue weighted by atomic mass is 79.9. The second kappa shape index (κ2) is 7.53. The largest absolute Gasteiger partial charge is 0.496 e. The Hall–Kier alpha value is -1.27. The summed E-state index contributed by atoms with van der Waals surface area (Å²) in [6.07, 6.45) is 0.583. The molecule has 0 bridgehead atoms. The molecule has 2 rings (SSSR count). The van der Waals surface area contributed by atoms with Crippen molar-refractivity contribution < 1.29 is 14.3 Å². The van der Waals surface area contributed by atoms with E-state index in [1.54, 1.807) is 7.11 Å². The average molecular weight is 385 g/mol. The van der Waals surface area contributed by atoms with Crippen molar-refractivity contribution in [1.82, 2.24) is 10.2 Å². The van der Waals surface area contributed by atoms with E-state index < -0.39 is 5.60 Å². The number of nitrogens with zero attached hydrogens (tertiary/aromatic N) is 1. The molecule has 1 fully saturated rings. The monoisotopic (exact) mass is 384 g/mol. The molecule has 6 heteroatoms. The molecule has 23 heavy (non-hydrogen) atoms. The second-order valence-electron chi connectivity index (χ2n) is 6.82. The van der Waals surface area contributed by atoms with Crippen LogP contribution < -0.4 is 10.1 Å². The molecule has 0 aromatic heterocycles. The molecule has 0 saturated carbocycles. The van der Waals surface area contributed by atoms with E-state index in [4.69, 9.17) is 9.47 Å². The number of hydrogen-bond donors (Lipinski definition) is 1. The molecule has 5 nitrogen and oxygen atoms in total. The lowest BCUT2D eigenvalue weighted by atomic mass is 10.2. The summed E-state index contributed by atoms with van der Waals surface area (Å²) in [5.74, 6) is 0.886. The molecule has 0 unspecified atom stereocenters. The third kappa shape index (κ3) is 5.70. The quantitative estimate of drug-likeness (QED) is 0.861. The van der Waals surface area contributed by atoms with Gasteiger partial charge in [0.05, 0.1) is 7.11 Å². The van der Waals surface area contributed by atoms with E-state index in [1.807, 2.05) is 32.9 Å². The SMILES string of the molecule is COc1ccc(Br)cc1CN1CC[C@H](NC(=O)OC(C)(C)C)C1. The minimum absolute atomic E-state index is 0.128. The number of benzene rings is 1. The predicted octanol–water partition coefficient (Wildman–Crippen LogP) is 3.56. The average Bonchev–Trinajstić information content (AvgIpc) is 2.84. The van der Waals surface area contributed by atoms with Crippen LogP contribution in [0.1, 0.15) is 32.8 Å². The Balaban J connectivity index is 1.88. The van der Waals surface area contributed by atoms with Crippen LogP contribution in [0.25, 0.3) is 0 Å². The van der Waals surface area contributed by atoms with Gasteiger partial charge in [0.2, 0.25) is 0 Å². The summed E-state index contributed by atoms with van der Waals surface area (Å²) in [7, 11) is 1.68. The van der Waals surface area contributed by atoms with Crippen molar-refractivity contribution in [3.63, 3.8) is 0 Å². The van der Waals surface area contributed by atoms with Crippen LogP contribution in [0.15, 0.2) is 22.7 Å². The number of ether oxygens (including phenoxy) is 2. The molecule has 0 aliphatic carbocycles. The van der Waals surface area contributed by atoms with Gasteiger partial charge in [-0.15, -0.1) is 0 Å². The highest BCUT2D eigenvalue weighted by Crippen LogP contribution is 2.25. The maximum Gasteiger partial charge on any atom is 0.407 e. The van der Waals surface area contributed by atoms with Gasteiger partial charge in [-0.2, -0.15) is 0 Å². The fraction of sp³-hybridized carbons (Fsp3) is 0.588. The molecule has 1 aromatic rings. The summed E-state index contributed by atoms with van der Waals surface area (Å²) in [6.45, 7) is 8.16. The zero-order valence-corrected chi connectivity index (χ0v) is 15.8. The summed E-state index contributed by atoms with van der Waals surface area (Å²) >= 11 is 3.50. The molecule has 0 spiro atoms. The van der Waals surface area contributed by atoms with E-state index in [2.05, 4.69) is 32.2 Å². The first-order chi connectivity index (χ1) is 10.8. The number of methoxy groups -OCH3 is 1. The van der Waals surface area contributed by atoms with Crippen molar-refractivity contribution in [1.29, 1.82) is 0 Å². The lowest BCUT2D eigenvalue weighted by Crippen LogP contribution is -2.40. The zero-order valence-electron chi connectivity index (χ0n) is 14.2. The number of carbonyl (C=O) groups is 1. The first-order valence-electron chi connectivity index (χ1n) is 7.81. The van der Waals surface area contributed by atoms with Gasteiger partial charge in [0, 0.05) is 35.7 Å². The highest BCUT2D eigenvalue weighted by Gasteiger charge is 2.26. The molecule has 1 N–H and O–H groups in total. The normalized spacial score (nSPS) is 18.7. The molecule has 1 amide bonds. The number of hydrogen-bond acceptors (Lipinski definition) is 4. The molecule has 0 radical (unpaired) electrons. The third-order valence-corrected chi connectivity index (χ3v) is 4.12. The Morgan fingerprint density at radius 2 is 2.17 bits per heavy atom. The van der Waals surface area contributed by atoms with Gasteiger partial charge in [-0.05, 0) is 45.4 Å². The van der Waals surface area contributed by atoms with Gasteiger partial charge < -0.3 is 14.8 Å². The Morgan fingerprint density at radius 1 is 1.43 bits per heavy atom. The van der Waals surface area contributed by atoms with Crippen molar-refractivity contribution in [2.45, 2.75) is 45.4 Å². The Labute approximate surface area is 146 Å². The maximum atomic E-state index is 11.8. The minimum atomic E-state index is -0.466. The van der Waals surface area contributed by atoms with E-state index in [1.165, 1.54) is 0 Å². The molecule has 1 aliphatic rings. The maximum absolute atomic E-state index is 11.8. The minimum Gasteiger partial charge on any atom is -0.496 e. The number of nitrogens with one attached hydrogen (secondary N) is 1. The third-order valence-electron chi connectivity index (χ3n) is 3.63. The van der Waals surface area contributed by atoms with Crippen molar-refractivity contribution in [3.05, 3.63) is 28.2 Å². The fourth-order valence-electron chi connectivity index (χ4n) is 2.68. The number of rotatable bonds is 4. The second-order valence-corrected chi connectivity index (χ2v) is 7.74. The Bertz CT molecular complexity index is 557. The number of likely N-dealkylation sites (tertiary alicyclic amines) is 1. The summed E-state index contributed by atoms with van der Waals surface area (Å²) in [4.78, 5) is 14.2. The van der Waals surface area contributed by atoms with Gasteiger partial charge in [-0.25, -0.2) is 4.79 Å².